The Morgan fingerprint density at radius 3 is 2.78 bits per heavy atom. The predicted octanol–water partition coefficient (Wildman–Crippen LogP) is 2.03. The first-order chi connectivity index (χ1) is 4.35. The van der Waals surface area contributed by atoms with E-state index in [4.69, 9.17) is 11.6 Å². The van der Waals surface area contributed by atoms with Crippen LogP contribution in [0.4, 0.5) is 0 Å². The molecule has 0 N–H and O–H groups in total. The minimum Gasteiger partial charge on any atom is -0.234 e. The van der Waals surface area contributed by atoms with Crippen molar-refractivity contribution >= 4 is 17.5 Å². The number of hydrogen-bond donors (Lipinski definition) is 0. The third-order valence-electron chi connectivity index (χ3n) is 1.16. The van der Waals surface area contributed by atoms with Gasteiger partial charge < -0.3 is 0 Å². The van der Waals surface area contributed by atoms with E-state index in [1.54, 1.807) is 5.94 Å². The standard InChI is InChI=1S/C7H11ClO/c1-2-3-7(6-8)4-5-9/h4,7H,2-3,6H2,1H3. The molecule has 0 saturated carbocycles. The fraction of sp³-hybridized carbons (Fsp3) is 0.714. The Bertz CT molecular complexity index is 105. The van der Waals surface area contributed by atoms with E-state index < -0.39 is 0 Å². The lowest BCUT2D eigenvalue weighted by atomic mass is 10.1. The predicted molar refractivity (Wildman–Crippen MR) is 39.4 cm³/mol. The van der Waals surface area contributed by atoms with Crippen LogP contribution in [0.25, 0.3) is 0 Å². The van der Waals surface area contributed by atoms with Crippen LogP contribution in [0.15, 0.2) is 6.08 Å². The molecule has 2 heteroatoms. The summed E-state index contributed by atoms with van der Waals surface area (Å²) in [7, 11) is 0. The molecule has 0 spiro atoms. The molecular formula is C7H11ClO. The van der Waals surface area contributed by atoms with Crippen LogP contribution >= 0.6 is 11.6 Å². The monoisotopic (exact) mass is 146 g/mol. The van der Waals surface area contributed by atoms with E-state index in [9.17, 15) is 4.79 Å². The normalized spacial score (nSPS) is 12.2. The summed E-state index contributed by atoms with van der Waals surface area (Å²) in [6.07, 6.45) is 3.55. The van der Waals surface area contributed by atoms with Crippen LogP contribution in [0.3, 0.4) is 0 Å². The molecule has 0 rings (SSSR count). The molecule has 0 aliphatic heterocycles. The molecule has 0 aromatic rings. The molecule has 0 amide bonds. The molecular weight excluding hydrogens is 136 g/mol. The van der Waals surface area contributed by atoms with E-state index in [1.807, 2.05) is 0 Å². The van der Waals surface area contributed by atoms with Crippen molar-refractivity contribution in [1.82, 2.24) is 0 Å². The zero-order chi connectivity index (χ0) is 7.11. The molecule has 0 saturated heterocycles. The van der Waals surface area contributed by atoms with Gasteiger partial charge in [0.2, 0.25) is 0 Å². The van der Waals surface area contributed by atoms with Gasteiger partial charge in [0.05, 0.1) is 0 Å². The molecule has 9 heavy (non-hydrogen) atoms. The minimum absolute atomic E-state index is 0.231. The Balaban J connectivity index is 3.53. The number of carbonyl (C=O) groups excluding carboxylic acids is 1. The highest BCUT2D eigenvalue weighted by molar-refractivity contribution is 6.18. The first kappa shape index (κ1) is 8.74. The second-order valence-corrected chi connectivity index (χ2v) is 2.30. The highest BCUT2D eigenvalue weighted by Gasteiger charge is 1.99. The summed E-state index contributed by atoms with van der Waals surface area (Å²) in [5.74, 6) is 2.51. The van der Waals surface area contributed by atoms with E-state index in [0.29, 0.717) is 5.88 Å². The third kappa shape index (κ3) is 4.26. The van der Waals surface area contributed by atoms with E-state index in [-0.39, 0.29) is 5.92 Å². The maximum Gasteiger partial charge on any atom is 0.120 e. The lowest BCUT2D eigenvalue weighted by Gasteiger charge is -2.01. The van der Waals surface area contributed by atoms with Gasteiger partial charge in [-0.15, -0.1) is 11.6 Å². The van der Waals surface area contributed by atoms with Crippen molar-refractivity contribution in [3.8, 4) is 0 Å². The average molecular weight is 147 g/mol. The van der Waals surface area contributed by atoms with Crippen molar-refractivity contribution in [1.29, 1.82) is 0 Å². The molecule has 1 nitrogen and oxygen atoms in total. The molecule has 0 aliphatic carbocycles. The highest BCUT2D eigenvalue weighted by Crippen LogP contribution is 2.07. The maximum atomic E-state index is 9.81. The second kappa shape index (κ2) is 5.87. The zero-order valence-corrected chi connectivity index (χ0v) is 6.32. The third-order valence-corrected chi connectivity index (χ3v) is 1.56. The van der Waals surface area contributed by atoms with Gasteiger partial charge in [-0.25, -0.2) is 4.79 Å². The van der Waals surface area contributed by atoms with Crippen molar-refractivity contribution in [3.05, 3.63) is 6.08 Å². The first-order valence-corrected chi connectivity index (χ1v) is 3.65. The van der Waals surface area contributed by atoms with Gasteiger partial charge in [-0.1, -0.05) is 13.3 Å². The smallest absolute Gasteiger partial charge is 0.120 e. The fourth-order valence-electron chi connectivity index (χ4n) is 0.672. The number of hydrogen-bond acceptors (Lipinski definition) is 1. The molecule has 0 aliphatic rings. The molecule has 0 fully saturated rings. The van der Waals surface area contributed by atoms with Crippen LogP contribution < -0.4 is 0 Å². The lowest BCUT2D eigenvalue weighted by Crippen LogP contribution is -1.96. The van der Waals surface area contributed by atoms with Gasteiger partial charge in [0, 0.05) is 17.9 Å². The van der Waals surface area contributed by atoms with Crippen LogP contribution in [0.1, 0.15) is 19.8 Å². The lowest BCUT2D eigenvalue weighted by molar-refractivity contribution is 0.562. The van der Waals surface area contributed by atoms with Gasteiger partial charge in [-0.3, -0.25) is 0 Å². The van der Waals surface area contributed by atoms with Crippen LogP contribution in [-0.4, -0.2) is 11.8 Å². The Morgan fingerprint density at radius 1 is 1.78 bits per heavy atom. The van der Waals surface area contributed by atoms with E-state index >= 15 is 0 Å². The molecule has 0 bridgehead atoms. The van der Waals surface area contributed by atoms with Crippen LogP contribution in [0.2, 0.25) is 0 Å². The number of alkyl halides is 1. The van der Waals surface area contributed by atoms with E-state index in [1.165, 1.54) is 6.08 Å². The van der Waals surface area contributed by atoms with Crippen molar-refractivity contribution < 1.29 is 4.79 Å². The van der Waals surface area contributed by atoms with Gasteiger partial charge in [-0.05, 0) is 6.42 Å². The quantitative estimate of drug-likeness (QED) is 0.438. The number of allylic oxidation sites excluding steroid dienone is 1. The molecule has 0 radical (unpaired) electrons. The summed E-state index contributed by atoms with van der Waals surface area (Å²) in [4.78, 5) is 9.81. The van der Waals surface area contributed by atoms with Gasteiger partial charge in [-0.2, -0.15) is 0 Å². The van der Waals surface area contributed by atoms with Gasteiger partial charge in [0.25, 0.3) is 0 Å². The SMILES string of the molecule is CCCC(C=C=O)CCl. The van der Waals surface area contributed by atoms with Gasteiger partial charge in [0.15, 0.2) is 0 Å². The molecule has 1 unspecified atom stereocenters. The topological polar surface area (TPSA) is 17.1 Å². The van der Waals surface area contributed by atoms with Gasteiger partial charge >= 0.3 is 0 Å². The minimum atomic E-state index is 0.231. The summed E-state index contributed by atoms with van der Waals surface area (Å²) >= 11 is 5.51. The first-order valence-electron chi connectivity index (χ1n) is 3.12. The molecule has 52 valence electrons. The molecule has 1 atom stereocenters. The maximum absolute atomic E-state index is 9.81. The zero-order valence-electron chi connectivity index (χ0n) is 5.56. The fourth-order valence-corrected chi connectivity index (χ4v) is 0.915. The Labute approximate surface area is 60.7 Å². The highest BCUT2D eigenvalue weighted by atomic mass is 35.5. The number of rotatable bonds is 4. The van der Waals surface area contributed by atoms with E-state index in [0.717, 1.165) is 12.8 Å². The summed E-state index contributed by atoms with van der Waals surface area (Å²) in [6.45, 7) is 2.07. The Hall–Kier alpha value is -0.260. The summed E-state index contributed by atoms with van der Waals surface area (Å²) in [5.41, 5.74) is 0. The largest absolute Gasteiger partial charge is 0.234 e. The molecule has 0 heterocycles. The van der Waals surface area contributed by atoms with Crippen LogP contribution in [-0.2, 0) is 4.79 Å². The van der Waals surface area contributed by atoms with Crippen molar-refractivity contribution in [2.45, 2.75) is 19.8 Å². The van der Waals surface area contributed by atoms with Gasteiger partial charge in [0.1, 0.15) is 5.94 Å². The second-order valence-electron chi connectivity index (χ2n) is 1.99. The van der Waals surface area contributed by atoms with Crippen LogP contribution in [0, 0.1) is 5.92 Å². The Kier molecular flexibility index (Phi) is 5.70. The van der Waals surface area contributed by atoms with E-state index in [2.05, 4.69) is 6.92 Å². The summed E-state index contributed by atoms with van der Waals surface area (Å²) in [5, 5.41) is 0. The molecule has 0 aromatic heterocycles. The summed E-state index contributed by atoms with van der Waals surface area (Å²) in [6, 6.07) is 0. The van der Waals surface area contributed by atoms with Crippen molar-refractivity contribution in [3.63, 3.8) is 0 Å². The number of halogens is 1. The van der Waals surface area contributed by atoms with Crippen molar-refractivity contribution in [2.75, 3.05) is 5.88 Å². The summed E-state index contributed by atoms with van der Waals surface area (Å²) < 4.78 is 0. The van der Waals surface area contributed by atoms with Crippen molar-refractivity contribution in [2.24, 2.45) is 5.92 Å². The van der Waals surface area contributed by atoms with Crippen LogP contribution in [0.5, 0.6) is 0 Å². The average Bonchev–Trinajstić information content (AvgIpc) is 1.88. The molecule has 0 aromatic carbocycles. The Morgan fingerprint density at radius 2 is 2.44 bits per heavy atom.